The zero-order chi connectivity index (χ0) is 10.3. The Labute approximate surface area is 88.3 Å². The van der Waals surface area contributed by atoms with Crippen molar-refractivity contribution in [3.63, 3.8) is 0 Å². The maximum absolute atomic E-state index is 6.21. The molecule has 14 heavy (non-hydrogen) atoms. The molecule has 0 aliphatic carbocycles. The van der Waals surface area contributed by atoms with Gasteiger partial charge in [0.1, 0.15) is 0 Å². The molecule has 2 aromatic rings. The summed E-state index contributed by atoms with van der Waals surface area (Å²) in [4.78, 5) is 0. The minimum absolute atomic E-state index is 0.446. The predicted octanol–water partition coefficient (Wildman–Crippen LogP) is 3.65. The summed E-state index contributed by atoms with van der Waals surface area (Å²) < 4.78 is 0. The summed E-state index contributed by atoms with van der Waals surface area (Å²) >= 11 is 6.21. The number of nitrogens with one attached hydrogen (secondary N) is 1. The van der Waals surface area contributed by atoms with Crippen molar-refractivity contribution in [2.45, 2.75) is 26.7 Å². The van der Waals surface area contributed by atoms with Gasteiger partial charge in [0.2, 0.25) is 0 Å². The quantitative estimate of drug-likeness (QED) is 0.762. The van der Waals surface area contributed by atoms with Crippen molar-refractivity contribution >= 4 is 22.5 Å². The molecule has 2 nitrogen and oxygen atoms in total. The number of hydrogen-bond acceptors (Lipinski definition) is 1. The van der Waals surface area contributed by atoms with Gasteiger partial charge in [-0.3, -0.25) is 5.10 Å². The van der Waals surface area contributed by atoms with Gasteiger partial charge in [0.15, 0.2) is 0 Å². The van der Waals surface area contributed by atoms with E-state index in [1.165, 1.54) is 11.1 Å². The molecule has 3 heteroatoms. The van der Waals surface area contributed by atoms with Crippen LogP contribution in [-0.2, 0) is 0 Å². The summed E-state index contributed by atoms with van der Waals surface area (Å²) in [6, 6.07) is 1.95. The first-order chi connectivity index (χ1) is 6.61. The third kappa shape index (κ3) is 1.30. The fourth-order valence-corrected chi connectivity index (χ4v) is 2.41. The zero-order valence-corrected chi connectivity index (χ0v) is 9.31. The summed E-state index contributed by atoms with van der Waals surface area (Å²) in [7, 11) is 0. The molecule has 1 aromatic carbocycles. The normalized spacial score (nSPS) is 11.5. The first-order valence-corrected chi connectivity index (χ1v) is 5.11. The van der Waals surface area contributed by atoms with Gasteiger partial charge >= 0.3 is 0 Å². The Hall–Kier alpha value is -1.02. The Kier molecular flexibility index (Phi) is 2.23. The van der Waals surface area contributed by atoms with Gasteiger partial charge in [-0.25, -0.2) is 0 Å². The number of halogens is 1. The zero-order valence-electron chi connectivity index (χ0n) is 8.56. The highest BCUT2D eigenvalue weighted by atomic mass is 35.5. The minimum atomic E-state index is 0.446. The Morgan fingerprint density at radius 1 is 1.43 bits per heavy atom. The van der Waals surface area contributed by atoms with Gasteiger partial charge in [0.05, 0.1) is 11.7 Å². The van der Waals surface area contributed by atoms with Crippen molar-refractivity contribution in [3.8, 4) is 0 Å². The number of H-pyrrole nitrogens is 1. The Morgan fingerprint density at radius 2 is 2.14 bits per heavy atom. The number of hydrogen-bond donors (Lipinski definition) is 1. The lowest BCUT2D eigenvalue weighted by molar-refractivity contribution is 0.860. The van der Waals surface area contributed by atoms with Crippen molar-refractivity contribution in [1.29, 1.82) is 0 Å². The van der Waals surface area contributed by atoms with Crippen LogP contribution >= 0.6 is 11.6 Å². The maximum Gasteiger partial charge on any atom is 0.0668 e. The van der Waals surface area contributed by atoms with Crippen LogP contribution in [0.1, 0.15) is 30.9 Å². The van der Waals surface area contributed by atoms with Gasteiger partial charge in [-0.2, -0.15) is 5.10 Å². The monoisotopic (exact) mass is 208 g/mol. The maximum atomic E-state index is 6.21. The predicted molar refractivity (Wildman–Crippen MR) is 59.9 cm³/mol. The minimum Gasteiger partial charge on any atom is -0.278 e. The van der Waals surface area contributed by atoms with Gasteiger partial charge in [0.25, 0.3) is 0 Å². The van der Waals surface area contributed by atoms with Crippen LogP contribution in [0.15, 0.2) is 12.3 Å². The number of aromatic amines is 1. The van der Waals surface area contributed by atoms with Crippen LogP contribution in [0.3, 0.4) is 0 Å². The van der Waals surface area contributed by atoms with E-state index in [4.69, 9.17) is 11.6 Å². The van der Waals surface area contributed by atoms with Gasteiger partial charge in [0, 0.05) is 10.4 Å². The van der Waals surface area contributed by atoms with E-state index >= 15 is 0 Å². The molecule has 0 bridgehead atoms. The molecular formula is C11H13ClN2. The molecule has 1 N–H and O–H groups in total. The van der Waals surface area contributed by atoms with Crippen molar-refractivity contribution in [3.05, 3.63) is 28.4 Å². The Balaban J connectivity index is 2.82. The molecule has 0 radical (unpaired) electrons. The summed E-state index contributed by atoms with van der Waals surface area (Å²) in [5, 5.41) is 8.95. The summed E-state index contributed by atoms with van der Waals surface area (Å²) in [5.74, 6) is 0.446. The number of aromatic nitrogens is 2. The number of nitrogens with zero attached hydrogens (tertiary/aromatic N) is 1. The standard InChI is InChI=1S/C11H13ClN2/c1-6(2)11-7(3)8-5-13-14-10(8)4-9(11)12/h4-6H,1-3H3,(H,13,14). The van der Waals surface area contributed by atoms with Crippen LogP contribution in [0.5, 0.6) is 0 Å². The molecule has 0 aliphatic heterocycles. The van der Waals surface area contributed by atoms with Gasteiger partial charge in [-0.1, -0.05) is 25.4 Å². The molecule has 0 saturated carbocycles. The summed E-state index contributed by atoms with van der Waals surface area (Å²) in [5.41, 5.74) is 3.47. The highest BCUT2D eigenvalue weighted by molar-refractivity contribution is 6.32. The van der Waals surface area contributed by atoms with Crippen LogP contribution in [0, 0.1) is 6.92 Å². The van der Waals surface area contributed by atoms with E-state index in [0.29, 0.717) is 5.92 Å². The SMILES string of the molecule is Cc1c(C(C)C)c(Cl)cc2[nH]ncc12. The van der Waals surface area contributed by atoms with Crippen molar-refractivity contribution in [2.24, 2.45) is 0 Å². The van der Waals surface area contributed by atoms with E-state index in [1.54, 1.807) is 0 Å². The molecule has 0 atom stereocenters. The van der Waals surface area contributed by atoms with Crippen molar-refractivity contribution < 1.29 is 0 Å². The average Bonchev–Trinajstić information content (AvgIpc) is 2.50. The fraction of sp³-hybridized carbons (Fsp3) is 0.364. The average molecular weight is 209 g/mol. The number of benzene rings is 1. The van der Waals surface area contributed by atoms with E-state index in [2.05, 4.69) is 31.0 Å². The van der Waals surface area contributed by atoms with Crippen LogP contribution in [0.25, 0.3) is 10.9 Å². The van der Waals surface area contributed by atoms with Crippen molar-refractivity contribution in [2.75, 3.05) is 0 Å². The lowest BCUT2D eigenvalue weighted by atomic mass is 9.95. The molecule has 0 fully saturated rings. The molecule has 0 saturated heterocycles. The Bertz CT molecular complexity index is 471. The Morgan fingerprint density at radius 3 is 2.79 bits per heavy atom. The lowest BCUT2D eigenvalue weighted by Crippen LogP contribution is -1.94. The molecule has 0 amide bonds. The number of rotatable bonds is 1. The third-order valence-corrected chi connectivity index (χ3v) is 2.90. The molecule has 0 unspecified atom stereocenters. The van der Waals surface area contributed by atoms with Gasteiger partial charge < -0.3 is 0 Å². The third-order valence-electron chi connectivity index (χ3n) is 2.58. The number of aryl methyl sites for hydroxylation is 1. The molecular weight excluding hydrogens is 196 g/mol. The highest BCUT2D eigenvalue weighted by Gasteiger charge is 2.12. The second kappa shape index (κ2) is 3.28. The molecule has 74 valence electrons. The molecule has 1 aromatic heterocycles. The largest absolute Gasteiger partial charge is 0.278 e. The summed E-state index contributed by atoms with van der Waals surface area (Å²) in [6.45, 7) is 6.40. The smallest absolute Gasteiger partial charge is 0.0668 e. The number of fused-ring (bicyclic) bond motifs is 1. The second-order valence-electron chi connectivity index (χ2n) is 3.88. The van der Waals surface area contributed by atoms with E-state index in [9.17, 15) is 0 Å². The molecule has 0 spiro atoms. The lowest BCUT2D eigenvalue weighted by Gasteiger charge is -2.12. The first-order valence-electron chi connectivity index (χ1n) is 4.73. The topological polar surface area (TPSA) is 28.7 Å². The second-order valence-corrected chi connectivity index (χ2v) is 4.29. The van der Waals surface area contributed by atoms with Crippen LogP contribution in [-0.4, -0.2) is 10.2 Å². The van der Waals surface area contributed by atoms with E-state index < -0.39 is 0 Å². The molecule has 0 aliphatic rings. The van der Waals surface area contributed by atoms with E-state index in [-0.39, 0.29) is 0 Å². The van der Waals surface area contributed by atoms with E-state index in [1.807, 2.05) is 12.3 Å². The fourth-order valence-electron chi connectivity index (χ4n) is 1.94. The van der Waals surface area contributed by atoms with Crippen LogP contribution < -0.4 is 0 Å². The van der Waals surface area contributed by atoms with E-state index in [0.717, 1.165) is 15.9 Å². The molecule has 2 rings (SSSR count). The first kappa shape index (κ1) is 9.53. The van der Waals surface area contributed by atoms with Gasteiger partial charge in [-0.15, -0.1) is 0 Å². The summed E-state index contributed by atoms with van der Waals surface area (Å²) in [6.07, 6.45) is 1.85. The van der Waals surface area contributed by atoms with Crippen LogP contribution in [0.4, 0.5) is 0 Å². The van der Waals surface area contributed by atoms with Crippen LogP contribution in [0.2, 0.25) is 5.02 Å². The van der Waals surface area contributed by atoms with Crippen molar-refractivity contribution in [1.82, 2.24) is 10.2 Å². The highest BCUT2D eigenvalue weighted by Crippen LogP contribution is 2.32. The van der Waals surface area contributed by atoms with Gasteiger partial charge in [-0.05, 0) is 30.0 Å². The molecule has 1 heterocycles.